The molecule has 0 radical (unpaired) electrons. The van der Waals surface area contributed by atoms with Gasteiger partial charge in [-0.2, -0.15) is 37.9 Å². The predicted molar refractivity (Wildman–Crippen MR) is 109 cm³/mol. The SMILES string of the molecule is CCN[C@](C)(CS)CNC(N)(CS)CN[C@](C)(CS)CNC. The largest absolute Gasteiger partial charge is 0.318 e. The second-order valence-electron chi connectivity index (χ2n) is 6.52. The molecule has 0 aliphatic heterocycles. The molecule has 0 fully saturated rings. The topological polar surface area (TPSA) is 74.1 Å². The van der Waals surface area contributed by atoms with Gasteiger partial charge in [0.2, 0.25) is 0 Å². The van der Waals surface area contributed by atoms with Crippen molar-refractivity contribution in [2.75, 3.05) is 50.5 Å². The van der Waals surface area contributed by atoms with Crippen molar-refractivity contribution in [1.29, 1.82) is 0 Å². The third-order valence-corrected chi connectivity index (χ3v) is 5.77. The van der Waals surface area contributed by atoms with Gasteiger partial charge in [0.15, 0.2) is 0 Å². The van der Waals surface area contributed by atoms with Crippen molar-refractivity contribution < 1.29 is 0 Å². The maximum atomic E-state index is 6.47. The van der Waals surface area contributed by atoms with Crippen molar-refractivity contribution >= 4 is 37.9 Å². The van der Waals surface area contributed by atoms with E-state index < -0.39 is 5.66 Å². The van der Waals surface area contributed by atoms with Gasteiger partial charge in [-0.05, 0) is 27.4 Å². The van der Waals surface area contributed by atoms with Gasteiger partial charge in [-0.15, -0.1) is 0 Å². The van der Waals surface area contributed by atoms with Crippen molar-refractivity contribution in [3.63, 3.8) is 0 Å². The van der Waals surface area contributed by atoms with E-state index in [9.17, 15) is 0 Å². The third-order valence-electron chi connectivity index (χ3n) is 3.81. The van der Waals surface area contributed by atoms with E-state index in [2.05, 4.69) is 79.9 Å². The van der Waals surface area contributed by atoms with E-state index in [0.29, 0.717) is 12.3 Å². The quantitative estimate of drug-likeness (QED) is 0.173. The summed E-state index contributed by atoms with van der Waals surface area (Å²) in [5.41, 5.74) is 5.68. The van der Waals surface area contributed by atoms with E-state index >= 15 is 0 Å². The zero-order valence-electron chi connectivity index (χ0n) is 14.4. The molecule has 134 valence electrons. The number of nitrogens with two attached hydrogens (primary N) is 1. The van der Waals surface area contributed by atoms with Crippen LogP contribution >= 0.6 is 37.9 Å². The molecule has 22 heavy (non-hydrogen) atoms. The van der Waals surface area contributed by atoms with Gasteiger partial charge in [0.1, 0.15) is 0 Å². The zero-order chi connectivity index (χ0) is 17.3. The Balaban J connectivity index is 4.63. The van der Waals surface area contributed by atoms with Gasteiger partial charge in [-0.3, -0.25) is 5.32 Å². The highest BCUT2D eigenvalue weighted by molar-refractivity contribution is 7.80. The monoisotopic (exact) mass is 369 g/mol. The lowest BCUT2D eigenvalue weighted by atomic mass is 10.0. The smallest absolute Gasteiger partial charge is 0.0881 e. The second-order valence-corrected chi connectivity index (χ2v) is 7.47. The van der Waals surface area contributed by atoms with Crippen LogP contribution in [0.15, 0.2) is 0 Å². The number of nitrogens with one attached hydrogen (secondary N) is 4. The number of thiol groups is 3. The molecule has 0 aromatic heterocycles. The lowest BCUT2D eigenvalue weighted by Crippen LogP contribution is -2.68. The molecular weight excluding hydrogens is 334 g/mol. The first kappa shape index (κ1) is 22.9. The van der Waals surface area contributed by atoms with E-state index in [1.807, 2.05) is 7.05 Å². The molecule has 1 unspecified atom stereocenters. The molecule has 0 aliphatic rings. The molecular formula is C14H35N5S3. The van der Waals surface area contributed by atoms with Crippen LogP contribution in [0.5, 0.6) is 0 Å². The molecule has 0 bridgehead atoms. The first-order valence-electron chi connectivity index (χ1n) is 7.73. The summed E-state index contributed by atoms with van der Waals surface area (Å²) in [5, 5.41) is 13.6. The summed E-state index contributed by atoms with van der Waals surface area (Å²) in [5.74, 6) is 2.00. The lowest BCUT2D eigenvalue weighted by molar-refractivity contribution is 0.265. The van der Waals surface area contributed by atoms with Crippen molar-refractivity contribution in [1.82, 2.24) is 21.3 Å². The van der Waals surface area contributed by atoms with Gasteiger partial charge >= 0.3 is 0 Å². The lowest BCUT2D eigenvalue weighted by Gasteiger charge is -2.39. The highest BCUT2D eigenvalue weighted by atomic mass is 32.1. The number of hydrogen-bond acceptors (Lipinski definition) is 8. The first-order valence-corrected chi connectivity index (χ1v) is 9.63. The Hall–Kier alpha value is 0.850. The molecule has 3 atom stereocenters. The Morgan fingerprint density at radius 2 is 1.36 bits per heavy atom. The number of hydrogen-bond donors (Lipinski definition) is 8. The van der Waals surface area contributed by atoms with Crippen LogP contribution in [0.25, 0.3) is 0 Å². The fourth-order valence-corrected chi connectivity index (χ4v) is 2.75. The molecule has 5 nitrogen and oxygen atoms in total. The van der Waals surface area contributed by atoms with Crippen molar-refractivity contribution in [2.24, 2.45) is 5.73 Å². The number of rotatable bonds is 13. The van der Waals surface area contributed by atoms with Gasteiger partial charge < -0.3 is 21.7 Å². The normalized spacial score (nSPS) is 20.2. The summed E-state index contributed by atoms with van der Waals surface area (Å²) in [6, 6.07) is 0. The number of likely N-dealkylation sites (N-methyl/N-ethyl adjacent to an activating group) is 2. The van der Waals surface area contributed by atoms with Crippen molar-refractivity contribution in [3.8, 4) is 0 Å². The Bertz CT molecular complexity index is 284. The van der Waals surface area contributed by atoms with E-state index in [-0.39, 0.29) is 11.1 Å². The second kappa shape index (κ2) is 10.7. The Kier molecular flexibility index (Phi) is 11.1. The molecule has 0 rings (SSSR count). The molecule has 0 saturated heterocycles. The summed E-state index contributed by atoms with van der Waals surface area (Å²) in [6.07, 6.45) is 0. The highest BCUT2D eigenvalue weighted by Gasteiger charge is 2.31. The fraction of sp³-hybridized carbons (Fsp3) is 1.00. The predicted octanol–water partition coefficient (Wildman–Crippen LogP) is -0.0437. The van der Waals surface area contributed by atoms with Gasteiger partial charge in [0.05, 0.1) is 5.66 Å². The van der Waals surface area contributed by atoms with Crippen LogP contribution in [0.2, 0.25) is 0 Å². The van der Waals surface area contributed by atoms with Crippen LogP contribution in [0.4, 0.5) is 0 Å². The third kappa shape index (κ3) is 8.10. The molecule has 6 N–H and O–H groups in total. The van der Waals surface area contributed by atoms with Gasteiger partial charge in [0, 0.05) is 48.0 Å². The van der Waals surface area contributed by atoms with E-state index in [0.717, 1.165) is 31.1 Å². The van der Waals surface area contributed by atoms with E-state index in [4.69, 9.17) is 5.73 Å². The van der Waals surface area contributed by atoms with Crippen molar-refractivity contribution in [3.05, 3.63) is 0 Å². The maximum Gasteiger partial charge on any atom is 0.0881 e. The zero-order valence-corrected chi connectivity index (χ0v) is 17.1. The highest BCUT2D eigenvalue weighted by Crippen LogP contribution is 2.10. The van der Waals surface area contributed by atoms with Gasteiger partial charge in [-0.25, -0.2) is 0 Å². The molecule has 0 spiro atoms. The Morgan fingerprint density at radius 3 is 1.77 bits per heavy atom. The van der Waals surface area contributed by atoms with Crippen LogP contribution in [0.1, 0.15) is 20.8 Å². The maximum absolute atomic E-state index is 6.47. The summed E-state index contributed by atoms with van der Waals surface area (Å²) in [4.78, 5) is 0. The minimum absolute atomic E-state index is 0.0940. The van der Waals surface area contributed by atoms with Gasteiger partial charge in [-0.1, -0.05) is 6.92 Å². The average molecular weight is 370 g/mol. The van der Waals surface area contributed by atoms with Crippen LogP contribution in [-0.2, 0) is 0 Å². The molecule has 0 heterocycles. The van der Waals surface area contributed by atoms with Crippen LogP contribution < -0.4 is 27.0 Å². The van der Waals surface area contributed by atoms with Crippen LogP contribution in [0.3, 0.4) is 0 Å². The molecule has 0 aliphatic carbocycles. The van der Waals surface area contributed by atoms with Crippen molar-refractivity contribution in [2.45, 2.75) is 37.5 Å². The summed E-state index contributed by atoms with van der Waals surface area (Å²) in [7, 11) is 1.93. The summed E-state index contributed by atoms with van der Waals surface area (Å²) in [6.45, 7) is 9.43. The molecule has 0 amide bonds. The minimum Gasteiger partial charge on any atom is -0.318 e. The van der Waals surface area contributed by atoms with Crippen LogP contribution in [-0.4, -0.2) is 67.2 Å². The molecule has 8 heteroatoms. The van der Waals surface area contributed by atoms with Gasteiger partial charge in [0.25, 0.3) is 0 Å². The standard InChI is InChI=1S/C14H35N5S3/c1-5-17-13(3,10-21)7-19-14(15,11-22)8-18-12(2,9-20)6-16-4/h16-22H,5-11,15H2,1-4H3/t12-,13-,14?/m0/s1. The fourth-order valence-electron chi connectivity index (χ4n) is 2.08. The van der Waals surface area contributed by atoms with Crippen LogP contribution in [0, 0.1) is 0 Å². The molecule has 0 saturated carbocycles. The Labute approximate surface area is 152 Å². The first-order chi connectivity index (χ1) is 10.2. The Morgan fingerprint density at radius 1 is 0.818 bits per heavy atom. The summed E-state index contributed by atoms with van der Waals surface area (Å²) < 4.78 is 0. The summed E-state index contributed by atoms with van der Waals surface area (Å²) >= 11 is 13.3. The molecule has 0 aromatic rings. The minimum atomic E-state index is -0.583. The van der Waals surface area contributed by atoms with E-state index in [1.165, 1.54) is 0 Å². The van der Waals surface area contributed by atoms with E-state index in [1.54, 1.807) is 0 Å². The molecule has 0 aromatic carbocycles. The average Bonchev–Trinajstić information content (AvgIpc) is 2.52.